The minimum absolute atomic E-state index is 0.434. The predicted octanol–water partition coefficient (Wildman–Crippen LogP) is 1.77. The summed E-state index contributed by atoms with van der Waals surface area (Å²) in [6.45, 7) is 2.82. The highest BCUT2D eigenvalue weighted by Crippen LogP contribution is 2.20. The molecule has 0 atom stereocenters. The molecule has 0 bridgehead atoms. The van der Waals surface area contributed by atoms with Gasteiger partial charge in [0.15, 0.2) is 0 Å². The molecule has 6 heteroatoms. The van der Waals surface area contributed by atoms with Gasteiger partial charge in [-0.05, 0) is 18.4 Å². The molecule has 0 aliphatic carbocycles. The number of nitrogens with zero attached hydrogens (tertiary/aromatic N) is 3. The zero-order valence-corrected chi connectivity index (χ0v) is 10.7. The second-order valence-electron chi connectivity index (χ2n) is 3.78. The van der Waals surface area contributed by atoms with Crippen LogP contribution in [-0.4, -0.2) is 17.0 Å². The summed E-state index contributed by atoms with van der Waals surface area (Å²) in [5.41, 5.74) is 3.49. The van der Waals surface area contributed by atoms with Crippen LogP contribution >= 0.6 is 11.3 Å². The summed E-state index contributed by atoms with van der Waals surface area (Å²) in [6.07, 6.45) is 1.77. The Bertz CT molecular complexity index is 483. The van der Waals surface area contributed by atoms with Crippen molar-refractivity contribution in [2.24, 2.45) is 5.84 Å². The average Bonchev–Trinajstić information content (AvgIpc) is 2.82. The Morgan fingerprint density at radius 2 is 2.35 bits per heavy atom. The number of nitrogens with two attached hydrogens (primary N) is 1. The predicted molar refractivity (Wildman–Crippen MR) is 71.0 cm³/mol. The van der Waals surface area contributed by atoms with E-state index in [2.05, 4.69) is 31.7 Å². The van der Waals surface area contributed by atoms with Crippen LogP contribution in [0.2, 0.25) is 0 Å². The first-order chi connectivity index (χ1) is 8.20. The van der Waals surface area contributed by atoms with Crippen LogP contribution in [0.25, 0.3) is 0 Å². The molecule has 2 aromatic rings. The van der Waals surface area contributed by atoms with Gasteiger partial charge in [0.1, 0.15) is 5.82 Å². The fourth-order valence-corrected chi connectivity index (χ4v) is 2.36. The average molecular weight is 249 g/mol. The van der Waals surface area contributed by atoms with Crippen LogP contribution in [0.1, 0.15) is 10.4 Å². The van der Waals surface area contributed by atoms with Crippen molar-refractivity contribution in [2.75, 3.05) is 17.4 Å². The standard InChI is InChI=1S/C11H15N5S/c1-8-6-13-11(15-12)14-10(8)16(2)7-9-4-3-5-17-9/h3-6H,7,12H2,1-2H3,(H,13,14,15). The SMILES string of the molecule is Cc1cnc(NN)nc1N(C)Cc1cccs1. The van der Waals surface area contributed by atoms with Crippen LogP contribution in [0.3, 0.4) is 0 Å². The van der Waals surface area contributed by atoms with Crippen molar-refractivity contribution in [1.82, 2.24) is 9.97 Å². The maximum absolute atomic E-state index is 5.31. The second kappa shape index (κ2) is 5.11. The molecule has 0 amide bonds. The highest BCUT2D eigenvalue weighted by atomic mass is 32.1. The molecule has 2 heterocycles. The first-order valence-electron chi connectivity index (χ1n) is 5.24. The molecule has 0 unspecified atom stereocenters. The molecule has 0 saturated carbocycles. The topological polar surface area (TPSA) is 67.1 Å². The molecule has 2 aromatic heterocycles. The number of aromatic nitrogens is 2. The molecule has 3 N–H and O–H groups in total. The Morgan fingerprint density at radius 1 is 1.53 bits per heavy atom. The molecular formula is C11H15N5S. The highest BCUT2D eigenvalue weighted by molar-refractivity contribution is 7.09. The van der Waals surface area contributed by atoms with Crippen molar-refractivity contribution in [1.29, 1.82) is 0 Å². The third-order valence-electron chi connectivity index (χ3n) is 2.41. The van der Waals surface area contributed by atoms with Gasteiger partial charge in [0.05, 0.1) is 6.54 Å². The van der Waals surface area contributed by atoms with Gasteiger partial charge in [0.25, 0.3) is 0 Å². The zero-order valence-electron chi connectivity index (χ0n) is 9.84. The number of hydrogen-bond donors (Lipinski definition) is 2. The van der Waals surface area contributed by atoms with E-state index in [0.717, 1.165) is 17.9 Å². The monoisotopic (exact) mass is 249 g/mol. The maximum atomic E-state index is 5.31. The van der Waals surface area contributed by atoms with Crippen LogP contribution in [0, 0.1) is 6.92 Å². The van der Waals surface area contributed by atoms with E-state index in [0.29, 0.717) is 5.95 Å². The van der Waals surface area contributed by atoms with Crippen LogP contribution < -0.4 is 16.2 Å². The van der Waals surface area contributed by atoms with Crippen LogP contribution in [0.15, 0.2) is 23.7 Å². The van der Waals surface area contributed by atoms with Crippen molar-refractivity contribution in [3.8, 4) is 0 Å². The van der Waals surface area contributed by atoms with Crippen molar-refractivity contribution in [3.63, 3.8) is 0 Å². The summed E-state index contributed by atoms with van der Waals surface area (Å²) in [4.78, 5) is 11.8. The Labute approximate surface area is 104 Å². The fraction of sp³-hybridized carbons (Fsp3) is 0.273. The van der Waals surface area contributed by atoms with E-state index in [4.69, 9.17) is 5.84 Å². The lowest BCUT2D eigenvalue weighted by Crippen LogP contribution is -2.20. The van der Waals surface area contributed by atoms with Crippen molar-refractivity contribution >= 4 is 23.1 Å². The lowest BCUT2D eigenvalue weighted by Gasteiger charge is -2.19. The summed E-state index contributed by atoms with van der Waals surface area (Å²) in [7, 11) is 2.01. The number of nitrogens with one attached hydrogen (secondary N) is 1. The van der Waals surface area contributed by atoms with Gasteiger partial charge in [0.2, 0.25) is 5.95 Å². The van der Waals surface area contributed by atoms with Gasteiger partial charge >= 0.3 is 0 Å². The summed E-state index contributed by atoms with van der Waals surface area (Å²) in [5, 5.41) is 2.07. The number of anilines is 2. The zero-order chi connectivity index (χ0) is 12.3. The lowest BCUT2D eigenvalue weighted by molar-refractivity contribution is 0.894. The van der Waals surface area contributed by atoms with E-state index in [9.17, 15) is 0 Å². The molecule has 0 aliphatic rings. The van der Waals surface area contributed by atoms with Crippen LogP contribution in [0.4, 0.5) is 11.8 Å². The summed E-state index contributed by atoms with van der Waals surface area (Å²) < 4.78 is 0. The number of nitrogen functional groups attached to an aromatic ring is 1. The van der Waals surface area contributed by atoms with Crippen LogP contribution in [0.5, 0.6) is 0 Å². The molecule has 0 saturated heterocycles. The van der Waals surface area contributed by atoms with Gasteiger partial charge in [-0.2, -0.15) is 4.98 Å². The number of hydrazine groups is 1. The maximum Gasteiger partial charge on any atom is 0.239 e. The highest BCUT2D eigenvalue weighted by Gasteiger charge is 2.09. The van der Waals surface area contributed by atoms with Gasteiger partial charge < -0.3 is 4.90 Å². The third-order valence-corrected chi connectivity index (χ3v) is 3.27. The Hall–Kier alpha value is -1.66. The molecule has 5 nitrogen and oxygen atoms in total. The first kappa shape index (κ1) is 11.8. The fourth-order valence-electron chi connectivity index (χ4n) is 1.60. The molecule has 0 radical (unpaired) electrons. The molecule has 0 fully saturated rings. The van der Waals surface area contributed by atoms with Gasteiger partial charge in [-0.1, -0.05) is 6.07 Å². The van der Waals surface area contributed by atoms with Gasteiger partial charge in [-0.15, -0.1) is 11.3 Å². The molecular weight excluding hydrogens is 234 g/mol. The minimum Gasteiger partial charge on any atom is -0.354 e. The lowest BCUT2D eigenvalue weighted by atomic mass is 10.3. The number of thiophene rings is 1. The largest absolute Gasteiger partial charge is 0.354 e. The van der Waals surface area contributed by atoms with Crippen molar-refractivity contribution in [3.05, 3.63) is 34.2 Å². The molecule has 90 valence electrons. The molecule has 17 heavy (non-hydrogen) atoms. The van der Waals surface area contributed by atoms with E-state index in [-0.39, 0.29) is 0 Å². The van der Waals surface area contributed by atoms with E-state index in [1.807, 2.05) is 20.0 Å². The van der Waals surface area contributed by atoms with E-state index in [1.54, 1.807) is 17.5 Å². The molecule has 0 aromatic carbocycles. The second-order valence-corrected chi connectivity index (χ2v) is 4.81. The summed E-state index contributed by atoms with van der Waals surface area (Å²) in [5.74, 6) is 6.64. The van der Waals surface area contributed by atoms with E-state index in [1.165, 1.54) is 4.88 Å². The van der Waals surface area contributed by atoms with Gasteiger partial charge in [-0.25, -0.2) is 10.8 Å². The quantitative estimate of drug-likeness (QED) is 0.638. The Morgan fingerprint density at radius 3 is 3.00 bits per heavy atom. The Balaban J connectivity index is 2.20. The van der Waals surface area contributed by atoms with Gasteiger partial charge in [-0.3, -0.25) is 5.43 Å². The Kier molecular flexibility index (Phi) is 3.55. The third kappa shape index (κ3) is 2.72. The van der Waals surface area contributed by atoms with Gasteiger partial charge in [0, 0.05) is 23.7 Å². The smallest absolute Gasteiger partial charge is 0.239 e. The summed E-state index contributed by atoms with van der Waals surface area (Å²) >= 11 is 1.74. The van der Waals surface area contributed by atoms with Crippen LogP contribution in [-0.2, 0) is 6.54 Å². The van der Waals surface area contributed by atoms with E-state index >= 15 is 0 Å². The van der Waals surface area contributed by atoms with Crippen molar-refractivity contribution < 1.29 is 0 Å². The number of rotatable bonds is 4. The minimum atomic E-state index is 0.434. The normalized spacial score (nSPS) is 10.3. The molecule has 2 rings (SSSR count). The first-order valence-corrected chi connectivity index (χ1v) is 6.12. The molecule has 0 aliphatic heterocycles. The number of hydrogen-bond acceptors (Lipinski definition) is 6. The van der Waals surface area contributed by atoms with E-state index < -0.39 is 0 Å². The molecule has 0 spiro atoms. The van der Waals surface area contributed by atoms with Crippen molar-refractivity contribution in [2.45, 2.75) is 13.5 Å². The summed E-state index contributed by atoms with van der Waals surface area (Å²) in [6, 6.07) is 4.16. The number of aryl methyl sites for hydroxylation is 1.